The van der Waals surface area contributed by atoms with Crippen LogP contribution in [0.2, 0.25) is 0 Å². The van der Waals surface area contributed by atoms with E-state index in [1.54, 1.807) is 6.08 Å². The molecule has 0 aromatic heterocycles. The maximum absolute atomic E-state index is 12.7. The van der Waals surface area contributed by atoms with Crippen molar-refractivity contribution in [3.8, 4) is 11.5 Å². The van der Waals surface area contributed by atoms with Gasteiger partial charge in [0.25, 0.3) is 5.91 Å². The number of hydrogen-bond acceptors (Lipinski definition) is 6. The smallest absolute Gasteiger partial charge is 0.323 e. The highest BCUT2D eigenvalue weighted by molar-refractivity contribution is 8.26. The normalized spacial score (nSPS) is 16.1. The Morgan fingerprint density at radius 2 is 1.65 bits per heavy atom. The van der Waals surface area contributed by atoms with E-state index in [-0.39, 0.29) is 16.3 Å². The zero-order chi connectivity index (χ0) is 26.4. The number of nitrogens with zero attached hydrogens (tertiary/aromatic N) is 1. The first-order valence-electron chi connectivity index (χ1n) is 11.8. The Morgan fingerprint density at radius 3 is 2.30 bits per heavy atom. The van der Waals surface area contributed by atoms with Gasteiger partial charge in [0, 0.05) is 5.92 Å². The minimum absolute atomic E-state index is 0.177. The van der Waals surface area contributed by atoms with E-state index in [1.165, 1.54) is 5.56 Å². The molecule has 3 aromatic carbocycles. The molecule has 1 amide bonds. The molecular weight excluding hydrogens is 506 g/mol. The maximum atomic E-state index is 12.7. The number of thiocarbonyl (C=S) groups is 1. The van der Waals surface area contributed by atoms with E-state index < -0.39 is 18.4 Å². The van der Waals surface area contributed by atoms with Crippen molar-refractivity contribution in [2.24, 2.45) is 0 Å². The van der Waals surface area contributed by atoms with E-state index in [9.17, 15) is 9.59 Å². The van der Waals surface area contributed by atoms with E-state index in [2.05, 4.69) is 19.1 Å². The van der Waals surface area contributed by atoms with Crippen molar-refractivity contribution >= 4 is 46.3 Å². The van der Waals surface area contributed by atoms with Crippen LogP contribution < -0.4 is 9.47 Å². The van der Waals surface area contributed by atoms with Crippen molar-refractivity contribution in [1.82, 2.24) is 4.90 Å². The van der Waals surface area contributed by atoms with Gasteiger partial charge in [-0.25, -0.2) is 0 Å². The molecule has 37 heavy (non-hydrogen) atoms. The van der Waals surface area contributed by atoms with E-state index >= 15 is 0 Å². The maximum Gasteiger partial charge on any atom is 0.323 e. The quantitative estimate of drug-likeness (QED) is 0.242. The summed E-state index contributed by atoms with van der Waals surface area (Å²) in [5, 5.41) is 9.08. The first-order valence-corrected chi connectivity index (χ1v) is 13.0. The second-order valence-corrected chi connectivity index (χ2v) is 10.3. The van der Waals surface area contributed by atoms with Gasteiger partial charge in [0.1, 0.15) is 17.0 Å². The van der Waals surface area contributed by atoms with Crippen LogP contribution in [0.3, 0.4) is 0 Å². The molecule has 0 spiro atoms. The summed E-state index contributed by atoms with van der Waals surface area (Å²) in [5.41, 5.74) is 2.92. The van der Waals surface area contributed by atoms with Crippen molar-refractivity contribution < 1.29 is 24.2 Å². The lowest BCUT2D eigenvalue weighted by molar-refractivity contribution is -0.140. The first kappa shape index (κ1) is 26.4. The fourth-order valence-electron chi connectivity index (χ4n) is 3.82. The molecule has 0 unspecified atom stereocenters. The third-order valence-electron chi connectivity index (χ3n) is 5.86. The highest BCUT2D eigenvalue weighted by Crippen LogP contribution is 2.36. The van der Waals surface area contributed by atoms with Crippen LogP contribution in [0.4, 0.5) is 0 Å². The molecule has 8 heteroatoms. The van der Waals surface area contributed by atoms with Gasteiger partial charge in [0.05, 0.1) is 11.5 Å². The summed E-state index contributed by atoms with van der Waals surface area (Å²) in [6, 6.07) is 25.5. The molecule has 3 aromatic rings. The summed E-state index contributed by atoms with van der Waals surface area (Å²) >= 11 is 6.29. The Balaban J connectivity index is 1.59. The molecule has 1 N–H and O–H groups in total. The number of thioether (sulfide) groups is 1. The van der Waals surface area contributed by atoms with Crippen molar-refractivity contribution in [2.75, 3.05) is 13.2 Å². The van der Waals surface area contributed by atoms with E-state index in [4.69, 9.17) is 26.8 Å². The molecule has 1 aliphatic rings. The largest absolute Gasteiger partial charge is 0.489 e. The standard InChI is InChI=1S/C29H27NO5S2/c1-19(22-9-5-3-6-10-22)18-34-24-14-13-21(15-25(24)35-20(2)23-11-7-4-8-12-23)16-26-28(33)30(17-27(31)32)29(36)37-26/h3-16,19-20H,17-18H2,1-2H3,(H,31,32)/b26-16-/t19-,20+/m1/s1. The zero-order valence-corrected chi connectivity index (χ0v) is 22.1. The minimum atomic E-state index is -1.12. The van der Waals surface area contributed by atoms with Crippen LogP contribution in [0.5, 0.6) is 11.5 Å². The third kappa shape index (κ3) is 6.78. The van der Waals surface area contributed by atoms with Crippen LogP contribution in [-0.4, -0.2) is 39.4 Å². The Bertz CT molecular complexity index is 1310. The van der Waals surface area contributed by atoms with Gasteiger partial charge >= 0.3 is 5.97 Å². The Hall–Kier alpha value is -3.62. The van der Waals surface area contributed by atoms with Crippen LogP contribution in [0, 0.1) is 0 Å². The summed E-state index contributed by atoms with van der Waals surface area (Å²) in [5.74, 6) is -0.215. The number of benzene rings is 3. The van der Waals surface area contributed by atoms with E-state index in [1.807, 2.05) is 73.7 Å². The first-order chi connectivity index (χ1) is 17.8. The number of carbonyl (C=O) groups excluding carboxylic acids is 1. The minimum Gasteiger partial charge on any atom is -0.489 e. The van der Waals surface area contributed by atoms with Gasteiger partial charge in [-0.3, -0.25) is 14.5 Å². The lowest BCUT2D eigenvalue weighted by atomic mass is 10.0. The Morgan fingerprint density at radius 1 is 1.00 bits per heavy atom. The van der Waals surface area contributed by atoms with Gasteiger partial charge in [0.15, 0.2) is 11.5 Å². The number of aliphatic carboxylic acids is 1. The molecule has 1 heterocycles. The fourth-order valence-corrected chi connectivity index (χ4v) is 5.08. The fraction of sp³-hybridized carbons (Fsp3) is 0.207. The molecule has 190 valence electrons. The molecule has 0 bridgehead atoms. The number of ether oxygens (including phenoxy) is 2. The van der Waals surface area contributed by atoms with Crippen LogP contribution >= 0.6 is 24.0 Å². The number of rotatable bonds is 10. The van der Waals surface area contributed by atoms with Crippen molar-refractivity contribution in [3.05, 3.63) is 100 Å². The summed E-state index contributed by atoms with van der Waals surface area (Å²) in [4.78, 5) is 25.3. The third-order valence-corrected chi connectivity index (χ3v) is 7.24. The Labute approximate surface area is 225 Å². The molecule has 0 aliphatic carbocycles. The number of hydrogen-bond donors (Lipinski definition) is 1. The van der Waals surface area contributed by atoms with E-state index in [0.29, 0.717) is 23.0 Å². The van der Waals surface area contributed by atoms with Crippen molar-refractivity contribution in [2.45, 2.75) is 25.9 Å². The molecule has 4 rings (SSSR count). The van der Waals surface area contributed by atoms with Gasteiger partial charge < -0.3 is 14.6 Å². The summed E-state index contributed by atoms with van der Waals surface area (Å²) < 4.78 is 12.8. The molecule has 1 saturated heterocycles. The lowest BCUT2D eigenvalue weighted by Crippen LogP contribution is -2.33. The summed E-state index contributed by atoms with van der Waals surface area (Å²) in [6.07, 6.45) is 1.46. The van der Waals surface area contributed by atoms with Crippen LogP contribution in [0.1, 0.15) is 42.6 Å². The number of amides is 1. The Kier molecular flexibility index (Phi) is 8.63. The molecule has 1 fully saturated rings. The molecule has 6 nitrogen and oxygen atoms in total. The van der Waals surface area contributed by atoms with Gasteiger partial charge in [-0.1, -0.05) is 97.6 Å². The van der Waals surface area contributed by atoms with Crippen LogP contribution in [-0.2, 0) is 9.59 Å². The zero-order valence-electron chi connectivity index (χ0n) is 20.5. The van der Waals surface area contributed by atoms with Crippen LogP contribution in [0.25, 0.3) is 6.08 Å². The predicted octanol–water partition coefficient (Wildman–Crippen LogP) is 6.29. The predicted molar refractivity (Wildman–Crippen MR) is 150 cm³/mol. The average molecular weight is 534 g/mol. The topological polar surface area (TPSA) is 76.1 Å². The molecule has 0 saturated carbocycles. The average Bonchev–Trinajstić information content (AvgIpc) is 3.15. The highest BCUT2D eigenvalue weighted by Gasteiger charge is 2.33. The summed E-state index contributed by atoms with van der Waals surface area (Å²) in [7, 11) is 0. The van der Waals surface area contributed by atoms with Crippen molar-refractivity contribution in [3.63, 3.8) is 0 Å². The van der Waals surface area contributed by atoms with E-state index in [0.717, 1.165) is 27.8 Å². The monoisotopic (exact) mass is 533 g/mol. The molecular formula is C29H27NO5S2. The SMILES string of the molecule is C[C@H](COc1ccc(/C=C2\SC(=S)N(CC(=O)O)C2=O)cc1O[C@@H](C)c1ccccc1)c1ccccc1. The number of carboxylic acids is 1. The second-order valence-electron chi connectivity index (χ2n) is 8.66. The highest BCUT2D eigenvalue weighted by atomic mass is 32.2. The van der Waals surface area contributed by atoms with Gasteiger partial charge in [-0.05, 0) is 41.8 Å². The molecule has 0 radical (unpaired) electrons. The number of carboxylic acid groups (broad SMARTS) is 1. The summed E-state index contributed by atoms with van der Waals surface area (Å²) in [6.45, 7) is 4.08. The van der Waals surface area contributed by atoms with Crippen LogP contribution in [0.15, 0.2) is 83.8 Å². The molecule has 2 atom stereocenters. The number of carbonyl (C=O) groups is 2. The van der Waals surface area contributed by atoms with Crippen molar-refractivity contribution in [1.29, 1.82) is 0 Å². The lowest BCUT2D eigenvalue weighted by Gasteiger charge is -2.20. The van der Waals surface area contributed by atoms with Gasteiger partial charge in [-0.2, -0.15) is 0 Å². The van der Waals surface area contributed by atoms with Gasteiger partial charge in [-0.15, -0.1) is 0 Å². The van der Waals surface area contributed by atoms with Gasteiger partial charge in [0.2, 0.25) is 0 Å². The second kappa shape index (κ2) is 12.1. The molecule has 1 aliphatic heterocycles.